The second kappa shape index (κ2) is 5.39. The van der Waals surface area contributed by atoms with E-state index < -0.39 is 25.5 Å². The van der Waals surface area contributed by atoms with E-state index in [1.165, 1.54) is 0 Å². The Morgan fingerprint density at radius 1 is 1.00 bits per heavy atom. The molecule has 84 valence electrons. The van der Waals surface area contributed by atoms with Crippen LogP contribution in [0.2, 0.25) is 39.3 Å². The van der Waals surface area contributed by atoms with E-state index in [0.29, 0.717) is 5.95 Å². The minimum atomic E-state index is -1.56. The van der Waals surface area contributed by atoms with Gasteiger partial charge in [0.15, 0.2) is 8.83 Å². The van der Waals surface area contributed by atoms with E-state index >= 15 is 0 Å². The van der Waals surface area contributed by atoms with Gasteiger partial charge in [-0.05, 0) is 45.0 Å². The van der Waals surface area contributed by atoms with Crippen LogP contribution < -0.4 is 0 Å². The van der Waals surface area contributed by atoms with Gasteiger partial charge in [-0.1, -0.05) is 0 Å². The molecule has 0 saturated carbocycles. The van der Waals surface area contributed by atoms with Gasteiger partial charge in [-0.3, -0.25) is 0 Å². The van der Waals surface area contributed by atoms with Gasteiger partial charge in [0.1, 0.15) is 0 Å². The fourth-order valence-electron chi connectivity index (χ4n) is 0.771. The summed E-state index contributed by atoms with van der Waals surface area (Å²) in [4.78, 5) is 0. The standard InChI is InChI=1S/C8H21ClO2Si3/c1-13(2,3)10-8(7-12-9)11-14(4,5)6/h7H,12H2,1-6H3. The minimum absolute atomic E-state index is 0.667. The first-order valence-corrected chi connectivity index (χ1v) is 14.6. The number of rotatable bonds is 5. The van der Waals surface area contributed by atoms with Crippen LogP contribution in [0.4, 0.5) is 0 Å². The van der Waals surface area contributed by atoms with Crippen LogP contribution in [0.5, 0.6) is 0 Å². The summed E-state index contributed by atoms with van der Waals surface area (Å²) in [5, 5.41) is 0. The Hall–Kier alpha value is 0.281. The van der Waals surface area contributed by atoms with Crippen molar-refractivity contribution in [3.05, 3.63) is 11.6 Å². The zero-order chi connectivity index (χ0) is 11.4. The third kappa shape index (κ3) is 8.86. The Morgan fingerprint density at radius 3 is 1.57 bits per heavy atom. The van der Waals surface area contributed by atoms with Crippen molar-refractivity contribution in [3.8, 4) is 0 Å². The SMILES string of the molecule is C[Si](C)(C)OC(=C[SiH2]Cl)O[Si](C)(C)C. The van der Waals surface area contributed by atoms with Crippen molar-refractivity contribution < 1.29 is 8.85 Å². The average molecular weight is 269 g/mol. The first-order valence-electron chi connectivity index (χ1n) is 4.78. The summed E-state index contributed by atoms with van der Waals surface area (Å²) < 4.78 is 11.6. The van der Waals surface area contributed by atoms with Crippen LogP contribution in [0.3, 0.4) is 0 Å². The largest absolute Gasteiger partial charge is 0.521 e. The van der Waals surface area contributed by atoms with Gasteiger partial charge in [0.25, 0.3) is 0 Å². The molecule has 2 nitrogen and oxygen atoms in total. The van der Waals surface area contributed by atoms with Crippen LogP contribution >= 0.6 is 11.1 Å². The molecular formula is C8H21ClO2Si3. The van der Waals surface area contributed by atoms with Gasteiger partial charge in [-0.25, -0.2) is 0 Å². The van der Waals surface area contributed by atoms with Crippen LogP contribution in [0.15, 0.2) is 11.6 Å². The summed E-state index contributed by atoms with van der Waals surface area (Å²) in [7, 11) is -3.80. The molecule has 0 radical (unpaired) electrons. The highest BCUT2D eigenvalue weighted by molar-refractivity contribution is 6.96. The van der Waals surface area contributed by atoms with Crippen LogP contribution in [0.25, 0.3) is 0 Å². The maximum atomic E-state index is 5.82. The van der Waals surface area contributed by atoms with E-state index in [9.17, 15) is 0 Å². The normalized spacial score (nSPS) is 13.1. The lowest BCUT2D eigenvalue weighted by atomic mass is 11.0. The van der Waals surface area contributed by atoms with Gasteiger partial charge in [-0.2, -0.15) is 11.1 Å². The Morgan fingerprint density at radius 2 is 1.36 bits per heavy atom. The van der Waals surface area contributed by atoms with Gasteiger partial charge >= 0.3 is 0 Å². The molecular weight excluding hydrogens is 248 g/mol. The van der Waals surface area contributed by atoms with Crippen LogP contribution in [0, 0.1) is 0 Å². The third-order valence-corrected chi connectivity index (χ3v) is 3.64. The van der Waals surface area contributed by atoms with Crippen LogP contribution in [0.1, 0.15) is 0 Å². The molecule has 0 amide bonds. The molecule has 0 N–H and O–H groups in total. The molecule has 0 saturated heterocycles. The second-order valence-corrected chi connectivity index (χ2v) is 15.6. The molecule has 0 aliphatic heterocycles. The predicted molar refractivity (Wildman–Crippen MR) is 71.3 cm³/mol. The van der Waals surface area contributed by atoms with Crippen LogP contribution in [-0.4, -0.2) is 25.5 Å². The molecule has 0 spiro atoms. The Bertz CT molecular complexity index is 188. The van der Waals surface area contributed by atoms with Crippen LogP contribution in [-0.2, 0) is 8.85 Å². The lowest BCUT2D eigenvalue weighted by molar-refractivity contribution is 0.218. The molecule has 0 fully saturated rings. The fraction of sp³-hybridized carbons (Fsp3) is 0.750. The molecule has 0 heterocycles. The quantitative estimate of drug-likeness (QED) is 0.434. The fourth-order valence-corrected chi connectivity index (χ4v) is 3.32. The topological polar surface area (TPSA) is 18.5 Å². The minimum Gasteiger partial charge on any atom is -0.521 e. The maximum Gasteiger partial charge on any atom is 0.246 e. The van der Waals surface area contributed by atoms with Crippen molar-refractivity contribution in [3.63, 3.8) is 0 Å². The summed E-state index contributed by atoms with van der Waals surface area (Å²) in [5.41, 5.74) is 1.94. The van der Waals surface area contributed by atoms with Gasteiger partial charge < -0.3 is 8.85 Å². The molecule has 0 unspecified atom stereocenters. The lowest BCUT2D eigenvalue weighted by Crippen LogP contribution is -2.31. The van der Waals surface area contributed by atoms with Crippen molar-refractivity contribution in [1.29, 1.82) is 0 Å². The maximum absolute atomic E-state index is 5.82. The molecule has 0 atom stereocenters. The van der Waals surface area contributed by atoms with Crippen molar-refractivity contribution in [2.75, 3.05) is 0 Å². The van der Waals surface area contributed by atoms with Gasteiger partial charge in [0, 0.05) is 0 Å². The first kappa shape index (κ1) is 14.3. The summed E-state index contributed by atoms with van der Waals surface area (Å²) in [6.45, 7) is 12.9. The summed E-state index contributed by atoms with van der Waals surface area (Å²) in [5.74, 6) is 0.685. The van der Waals surface area contributed by atoms with E-state index in [1.807, 2.05) is 5.70 Å². The second-order valence-electron chi connectivity index (χ2n) is 5.11. The molecule has 0 aliphatic carbocycles. The molecule has 0 aromatic carbocycles. The number of halogens is 1. The van der Waals surface area contributed by atoms with Gasteiger partial charge in [-0.15, -0.1) is 0 Å². The lowest BCUT2D eigenvalue weighted by Gasteiger charge is -2.27. The number of hydrogen-bond acceptors (Lipinski definition) is 2. The Kier molecular flexibility index (Phi) is 5.50. The zero-order valence-electron chi connectivity index (χ0n) is 9.98. The molecule has 14 heavy (non-hydrogen) atoms. The predicted octanol–water partition coefficient (Wildman–Crippen LogP) is 2.81. The van der Waals surface area contributed by atoms with Crippen molar-refractivity contribution in [2.24, 2.45) is 0 Å². The monoisotopic (exact) mass is 268 g/mol. The average Bonchev–Trinajstić information content (AvgIpc) is 1.78. The summed E-state index contributed by atoms with van der Waals surface area (Å²) in [6, 6.07) is 0. The molecule has 0 bridgehead atoms. The first-order chi connectivity index (χ1) is 6.14. The van der Waals surface area contributed by atoms with Crippen molar-refractivity contribution in [1.82, 2.24) is 0 Å². The Labute approximate surface area is 96.4 Å². The van der Waals surface area contributed by atoms with E-state index in [0.717, 1.165) is 0 Å². The third-order valence-electron chi connectivity index (χ3n) is 1.06. The zero-order valence-corrected chi connectivity index (χ0v) is 14.1. The summed E-state index contributed by atoms with van der Waals surface area (Å²) in [6.07, 6.45) is 0. The van der Waals surface area contributed by atoms with Gasteiger partial charge in [0.2, 0.25) is 22.6 Å². The summed E-state index contributed by atoms with van der Waals surface area (Å²) >= 11 is 5.79. The molecule has 6 heteroatoms. The van der Waals surface area contributed by atoms with E-state index in [1.54, 1.807) is 0 Å². The van der Waals surface area contributed by atoms with E-state index in [2.05, 4.69) is 39.3 Å². The smallest absolute Gasteiger partial charge is 0.246 e. The highest BCUT2D eigenvalue weighted by Crippen LogP contribution is 2.16. The molecule has 0 rings (SSSR count). The van der Waals surface area contributed by atoms with Gasteiger partial charge in [0.05, 0.1) is 0 Å². The molecule has 0 aromatic rings. The highest BCUT2D eigenvalue weighted by Gasteiger charge is 2.23. The molecule has 0 aromatic heterocycles. The highest BCUT2D eigenvalue weighted by atomic mass is 35.6. The van der Waals surface area contributed by atoms with E-state index in [4.69, 9.17) is 19.9 Å². The molecule has 0 aliphatic rings. The van der Waals surface area contributed by atoms with Crippen molar-refractivity contribution >= 4 is 36.5 Å². The Balaban J connectivity index is 4.41. The van der Waals surface area contributed by atoms with Crippen molar-refractivity contribution in [2.45, 2.75) is 39.3 Å². The van der Waals surface area contributed by atoms with E-state index in [-0.39, 0.29) is 0 Å². The number of hydrogen-bond donors (Lipinski definition) is 0.